The van der Waals surface area contributed by atoms with Gasteiger partial charge in [-0.05, 0) is 50.0 Å². The molecule has 0 amide bonds. The smallest absolute Gasteiger partial charge is 0.338 e. The molecule has 0 saturated carbocycles. The van der Waals surface area contributed by atoms with Crippen molar-refractivity contribution in [3.8, 4) is 0 Å². The van der Waals surface area contributed by atoms with Gasteiger partial charge in [0.1, 0.15) is 0 Å². The molecule has 100 valence electrons. The molecule has 0 aliphatic carbocycles. The molecule has 1 aromatic heterocycles. The number of fused-ring (bicyclic) bond motifs is 1. The van der Waals surface area contributed by atoms with E-state index >= 15 is 0 Å². The Morgan fingerprint density at radius 1 is 1.37 bits per heavy atom. The number of H-pyrrole nitrogens is 1. The molecule has 2 aromatic rings. The van der Waals surface area contributed by atoms with Gasteiger partial charge in [-0.1, -0.05) is 0 Å². The van der Waals surface area contributed by atoms with Crippen molar-refractivity contribution in [2.75, 3.05) is 19.7 Å². The SMILES string of the molecule is O=C(OCC1CCNCC1)c1ccc2[nH]cnc2c1. The average Bonchev–Trinajstić information content (AvgIpc) is 2.93. The van der Waals surface area contributed by atoms with Crippen LogP contribution >= 0.6 is 0 Å². The first-order chi connectivity index (χ1) is 9.33. The highest BCUT2D eigenvalue weighted by Crippen LogP contribution is 2.15. The maximum absolute atomic E-state index is 12.0. The third-order valence-electron chi connectivity index (χ3n) is 3.57. The van der Waals surface area contributed by atoms with E-state index in [1.54, 1.807) is 18.5 Å². The van der Waals surface area contributed by atoms with Gasteiger partial charge in [-0.3, -0.25) is 0 Å². The number of esters is 1. The molecule has 5 heteroatoms. The van der Waals surface area contributed by atoms with E-state index in [9.17, 15) is 4.79 Å². The summed E-state index contributed by atoms with van der Waals surface area (Å²) in [7, 11) is 0. The Morgan fingerprint density at radius 3 is 3.05 bits per heavy atom. The number of aromatic nitrogens is 2. The first kappa shape index (κ1) is 12.2. The average molecular weight is 259 g/mol. The number of carbonyl (C=O) groups is 1. The molecule has 1 aliphatic heterocycles. The van der Waals surface area contributed by atoms with Gasteiger partial charge in [0, 0.05) is 0 Å². The molecule has 3 rings (SSSR count). The van der Waals surface area contributed by atoms with Gasteiger partial charge < -0.3 is 15.0 Å². The van der Waals surface area contributed by atoms with Gasteiger partial charge in [0.25, 0.3) is 0 Å². The summed E-state index contributed by atoms with van der Waals surface area (Å²) in [6.07, 6.45) is 3.77. The van der Waals surface area contributed by atoms with E-state index < -0.39 is 0 Å². The summed E-state index contributed by atoms with van der Waals surface area (Å²) in [5.74, 6) is 0.225. The fourth-order valence-corrected chi connectivity index (χ4v) is 2.38. The molecule has 0 bridgehead atoms. The molecule has 1 saturated heterocycles. The van der Waals surface area contributed by atoms with Crippen LogP contribution in [0.4, 0.5) is 0 Å². The van der Waals surface area contributed by atoms with Crippen molar-refractivity contribution >= 4 is 17.0 Å². The molecule has 0 unspecified atom stereocenters. The molecule has 2 heterocycles. The molecule has 2 N–H and O–H groups in total. The molecule has 0 radical (unpaired) electrons. The minimum Gasteiger partial charge on any atom is -0.462 e. The molecule has 5 nitrogen and oxygen atoms in total. The Kier molecular flexibility index (Phi) is 3.46. The number of hydrogen-bond acceptors (Lipinski definition) is 4. The van der Waals surface area contributed by atoms with Crippen molar-refractivity contribution in [2.24, 2.45) is 5.92 Å². The Bertz CT molecular complexity index is 573. The number of imidazole rings is 1. The number of benzene rings is 1. The predicted molar refractivity (Wildman–Crippen MR) is 72.0 cm³/mol. The Morgan fingerprint density at radius 2 is 2.21 bits per heavy atom. The summed E-state index contributed by atoms with van der Waals surface area (Å²) in [5.41, 5.74) is 2.28. The molecule has 0 spiro atoms. The first-order valence-corrected chi connectivity index (χ1v) is 6.64. The first-order valence-electron chi connectivity index (χ1n) is 6.64. The van der Waals surface area contributed by atoms with E-state index in [2.05, 4.69) is 15.3 Å². The van der Waals surface area contributed by atoms with Crippen molar-refractivity contribution in [3.63, 3.8) is 0 Å². The summed E-state index contributed by atoms with van der Waals surface area (Å²) in [5, 5.41) is 3.30. The Balaban J connectivity index is 1.62. The van der Waals surface area contributed by atoms with Crippen molar-refractivity contribution in [3.05, 3.63) is 30.1 Å². The topological polar surface area (TPSA) is 67.0 Å². The monoisotopic (exact) mass is 259 g/mol. The summed E-state index contributed by atoms with van der Waals surface area (Å²) in [4.78, 5) is 19.1. The van der Waals surface area contributed by atoms with E-state index in [-0.39, 0.29) is 5.97 Å². The summed E-state index contributed by atoms with van der Waals surface area (Å²) < 4.78 is 5.39. The van der Waals surface area contributed by atoms with Crippen molar-refractivity contribution in [2.45, 2.75) is 12.8 Å². The minimum absolute atomic E-state index is 0.261. The van der Waals surface area contributed by atoms with Crippen LogP contribution in [0.5, 0.6) is 0 Å². The maximum Gasteiger partial charge on any atom is 0.338 e. The van der Waals surface area contributed by atoms with Gasteiger partial charge in [-0.15, -0.1) is 0 Å². The lowest BCUT2D eigenvalue weighted by molar-refractivity contribution is 0.0416. The van der Waals surface area contributed by atoms with Crippen LogP contribution < -0.4 is 5.32 Å². The van der Waals surface area contributed by atoms with Crippen molar-refractivity contribution in [1.29, 1.82) is 0 Å². The van der Waals surface area contributed by atoms with Crippen LogP contribution in [0.3, 0.4) is 0 Å². The Labute approximate surface area is 111 Å². The summed E-state index contributed by atoms with van der Waals surface area (Å²) in [6, 6.07) is 5.38. The second-order valence-corrected chi connectivity index (χ2v) is 4.93. The van der Waals surface area contributed by atoms with Gasteiger partial charge in [-0.2, -0.15) is 0 Å². The van der Waals surface area contributed by atoms with Crippen LogP contribution in [0, 0.1) is 5.92 Å². The van der Waals surface area contributed by atoms with Crippen LogP contribution in [0.25, 0.3) is 11.0 Å². The third kappa shape index (κ3) is 2.76. The summed E-state index contributed by atoms with van der Waals surface area (Å²) >= 11 is 0. The zero-order chi connectivity index (χ0) is 13.1. The fourth-order valence-electron chi connectivity index (χ4n) is 2.38. The standard InChI is InChI=1S/C14H17N3O2/c18-14(19-8-10-3-5-15-6-4-10)11-1-2-12-13(7-11)17-9-16-12/h1-2,7,9-10,15H,3-6,8H2,(H,16,17). The highest BCUT2D eigenvalue weighted by Gasteiger charge is 2.16. The molecule has 19 heavy (non-hydrogen) atoms. The van der Waals surface area contributed by atoms with Gasteiger partial charge in [0.05, 0.1) is 29.5 Å². The molecule has 1 aromatic carbocycles. The lowest BCUT2D eigenvalue weighted by Gasteiger charge is -2.22. The van der Waals surface area contributed by atoms with E-state index in [1.165, 1.54) is 0 Å². The van der Waals surface area contributed by atoms with Gasteiger partial charge in [0.15, 0.2) is 0 Å². The van der Waals surface area contributed by atoms with Gasteiger partial charge in [0.2, 0.25) is 0 Å². The second-order valence-electron chi connectivity index (χ2n) is 4.93. The summed E-state index contributed by atoms with van der Waals surface area (Å²) in [6.45, 7) is 2.54. The number of nitrogens with one attached hydrogen (secondary N) is 2. The highest BCUT2D eigenvalue weighted by atomic mass is 16.5. The lowest BCUT2D eigenvalue weighted by Crippen LogP contribution is -2.30. The molecule has 1 fully saturated rings. The van der Waals surface area contributed by atoms with E-state index in [0.29, 0.717) is 18.1 Å². The molecular formula is C14H17N3O2. The van der Waals surface area contributed by atoms with Crippen LogP contribution in [0.2, 0.25) is 0 Å². The quantitative estimate of drug-likeness (QED) is 0.824. The zero-order valence-corrected chi connectivity index (χ0v) is 10.7. The fraction of sp³-hybridized carbons (Fsp3) is 0.429. The lowest BCUT2D eigenvalue weighted by atomic mass is 9.99. The second kappa shape index (κ2) is 5.40. The molecular weight excluding hydrogens is 242 g/mol. The zero-order valence-electron chi connectivity index (χ0n) is 10.7. The third-order valence-corrected chi connectivity index (χ3v) is 3.57. The van der Waals surface area contributed by atoms with E-state index in [1.807, 2.05) is 6.07 Å². The molecule has 1 aliphatic rings. The number of piperidine rings is 1. The van der Waals surface area contributed by atoms with Crippen LogP contribution in [-0.4, -0.2) is 35.6 Å². The van der Waals surface area contributed by atoms with Crippen LogP contribution in [0.15, 0.2) is 24.5 Å². The van der Waals surface area contributed by atoms with E-state index in [4.69, 9.17) is 4.74 Å². The van der Waals surface area contributed by atoms with Crippen molar-refractivity contribution < 1.29 is 9.53 Å². The van der Waals surface area contributed by atoms with Crippen LogP contribution in [0.1, 0.15) is 23.2 Å². The Hall–Kier alpha value is -1.88. The largest absolute Gasteiger partial charge is 0.462 e. The normalized spacial score (nSPS) is 16.6. The minimum atomic E-state index is -0.261. The van der Waals surface area contributed by atoms with Crippen molar-refractivity contribution in [1.82, 2.24) is 15.3 Å². The number of hydrogen-bond donors (Lipinski definition) is 2. The van der Waals surface area contributed by atoms with Gasteiger partial charge >= 0.3 is 5.97 Å². The predicted octanol–water partition coefficient (Wildman–Crippen LogP) is 1.72. The maximum atomic E-state index is 12.0. The van der Waals surface area contributed by atoms with E-state index in [0.717, 1.165) is 37.0 Å². The number of rotatable bonds is 3. The van der Waals surface area contributed by atoms with Crippen LogP contribution in [-0.2, 0) is 4.74 Å². The van der Waals surface area contributed by atoms with Gasteiger partial charge in [-0.25, -0.2) is 9.78 Å². The highest BCUT2D eigenvalue weighted by molar-refractivity contribution is 5.93. The number of ether oxygens (including phenoxy) is 1. The number of carbonyl (C=O) groups excluding carboxylic acids is 1. The number of nitrogens with zero attached hydrogens (tertiary/aromatic N) is 1. The molecule has 0 atom stereocenters. The number of aromatic amines is 1.